The first-order chi connectivity index (χ1) is 28.2. The third-order valence-corrected chi connectivity index (χ3v) is 10.7. The lowest BCUT2D eigenvalue weighted by Gasteiger charge is -2.25. The molecule has 2 amide bonds. The largest absolute Gasteiger partial charge is 0.377 e. The summed E-state index contributed by atoms with van der Waals surface area (Å²) >= 11 is 0. The van der Waals surface area contributed by atoms with Crippen molar-refractivity contribution in [1.82, 2.24) is 10.6 Å². The van der Waals surface area contributed by atoms with E-state index in [1.807, 2.05) is 13.8 Å². The van der Waals surface area contributed by atoms with Crippen LogP contribution in [0.25, 0.3) is 0 Å². The van der Waals surface area contributed by atoms with Gasteiger partial charge in [-0.15, -0.1) is 0 Å². The fourth-order valence-corrected chi connectivity index (χ4v) is 6.86. The first-order valence-electron chi connectivity index (χ1n) is 24.6. The van der Waals surface area contributed by atoms with Crippen molar-refractivity contribution in [2.45, 2.75) is 239 Å². The predicted octanol–water partition coefficient (Wildman–Crippen LogP) is 14.6. The Morgan fingerprint density at radius 3 is 1.43 bits per heavy atom. The Balaban J connectivity index is 4.42. The molecule has 0 aromatic heterocycles. The summed E-state index contributed by atoms with van der Waals surface area (Å²) in [6.07, 6.45) is 52.0. The molecule has 0 aliphatic carbocycles. The molecule has 6 nitrogen and oxygen atoms in total. The lowest BCUT2D eigenvalue weighted by molar-refractivity contribution is -0.127. The van der Waals surface area contributed by atoms with E-state index in [-0.39, 0.29) is 36.3 Å². The number of unbranched alkanes of at least 4 members (excludes halogenated alkanes) is 18. The molecule has 0 saturated heterocycles. The number of ether oxygens (including phenoxy) is 2. The van der Waals surface area contributed by atoms with Crippen LogP contribution in [0.4, 0.5) is 0 Å². The fourth-order valence-electron chi connectivity index (χ4n) is 6.86. The fraction of sp³-hybridized carbons (Fsp3) is 0.808. The lowest BCUT2D eigenvalue weighted by atomic mass is 9.99. The summed E-state index contributed by atoms with van der Waals surface area (Å²) in [5.41, 5.74) is -0.349. The van der Waals surface area contributed by atoms with E-state index in [4.69, 9.17) is 9.47 Å². The Bertz CT molecular complexity index is 982. The number of carbonyl (C=O) groups excluding carboxylic acids is 2. The number of hydrogen-bond donors (Lipinski definition) is 2. The van der Waals surface area contributed by atoms with Gasteiger partial charge < -0.3 is 20.1 Å². The zero-order chi connectivity index (χ0) is 42.6. The van der Waals surface area contributed by atoms with Crippen LogP contribution in [0.15, 0.2) is 48.6 Å². The topological polar surface area (TPSA) is 76.7 Å². The molecule has 0 bridgehead atoms. The second kappa shape index (κ2) is 42.9. The van der Waals surface area contributed by atoms with E-state index in [0.29, 0.717) is 25.7 Å². The molecular weight excluding hydrogens is 717 g/mol. The van der Waals surface area contributed by atoms with Gasteiger partial charge in [0.05, 0.1) is 18.8 Å². The van der Waals surface area contributed by atoms with Gasteiger partial charge in [0.25, 0.3) is 0 Å². The summed E-state index contributed by atoms with van der Waals surface area (Å²) in [6, 6.07) is 0.201. The van der Waals surface area contributed by atoms with Crippen molar-refractivity contribution in [2.75, 3.05) is 26.4 Å². The van der Waals surface area contributed by atoms with Crippen molar-refractivity contribution in [3.8, 4) is 0 Å². The Kier molecular flexibility index (Phi) is 41.3. The monoisotopic (exact) mass is 813 g/mol. The maximum absolute atomic E-state index is 13.0. The smallest absolute Gasteiger partial charge is 0.220 e. The van der Waals surface area contributed by atoms with Crippen molar-refractivity contribution in [3.63, 3.8) is 0 Å². The highest BCUT2D eigenvalue weighted by atomic mass is 16.5. The van der Waals surface area contributed by atoms with Gasteiger partial charge in [0.15, 0.2) is 0 Å². The zero-order valence-corrected chi connectivity index (χ0v) is 39.2. The van der Waals surface area contributed by atoms with Gasteiger partial charge in [-0.3, -0.25) is 9.59 Å². The summed E-state index contributed by atoms with van der Waals surface area (Å²) in [5, 5.41) is 6.22. The molecule has 2 N–H and O–H groups in total. The van der Waals surface area contributed by atoms with E-state index in [1.165, 1.54) is 128 Å². The van der Waals surface area contributed by atoms with Crippen LogP contribution in [0, 0.1) is 5.92 Å². The van der Waals surface area contributed by atoms with Crippen LogP contribution in [0.1, 0.15) is 228 Å². The molecule has 0 aliphatic rings. The summed E-state index contributed by atoms with van der Waals surface area (Å²) in [5.74, 6) is 0.510. The molecule has 0 saturated carbocycles. The molecule has 0 rings (SSSR count). The van der Waals surface area contributed by atoms with Crippen molar-refractivity contribution in [2.24, 2.45) is 5.92 Å². The van der Waals surface area contributed by atoms with E-state index >= 15 is 0 Å². The second-order valence-corrected chi connectivity index (χ2v) is 17.7. The highest BCUT2D eigenvalue weighted by Gasteiger charge is 2.19. The van der Waals surface area contributed by atoms with Crippen LogP contribution in [-0.2, 0) is 19.1 Å². The number of allylic oxidation sites excluding steroid dienone is 8. The minimum atomic E-state index is -0.349. The van der Waals surface area contributed by atoms with E-state index in [9.17, 15) is 9.59 Å². The first-order valence-corrected chi connectivity index (χ1v) is 24.6. The molecule has 0 heterocycles. The Morgan fingerprint density at radius 1 is 0.534 bits per heavy atom. The maximum Gasteiger partial charge on any atom is 0.220 e. The molecule has 0 unspecified atom stereocenters. The highest BCUT2D eigenvalue weighted by Crippen LogP contribution is 2.16. The van der Waals surface area contributed by atoms with E-state index in [2.05, 4.69) is 86.9 Å². The van der Waals surface area contributed by atoms with Crippen LogP contribution >= 0.6 is 0 Å². The van der Waals surface area contributed by atoms with Gasteiger partial charge in [-0.25, -0.2) is 0 Å². The normalized spacial score (nSPS) is 12.5. The number of nitrogens with one attached hydrogen (secondary N) is 2. The standard InChI is InChI=1S/C52H96N2O4/c1-7-9-11-13-15-17-19-21-23-25-27-29-31-33-35-37-39-49(40-38-36-34-32-30-28-26-24-22-20-18-16-14-12-10-8-2)54-51(56)42-41-50(55)53-44-46-57-47-52(5,6)58-45-43-48(3)4/h15-18,21-24,48-49H,7-14,19-20,25-47H2,1-6H3,(H,53,55)(H,54,56)/b17-15-,18-16-,23-21-,24-22-. The molecule has 0 spiro atoms. The Hall–Kier alpha value is -2.18. The molecule has 0 aromatic rings. The van der Waals surface area contributed by atoms with Crippen LogP contribution in [-0.4, -0.2) is 49.8 Å². The minimum absolute atomic E-state index is 0.00299. The van der Waals surface area contributed by atoms with Crippen LogP contribution in [0.5, 0.6) is 0 Å². The van der Waals surface area contributed by atoms with Crippen LogP contribution in [0.2, 0.25) is 0 Å². The summed E-state index contributed by atoms with van der Waals surface area (Å²) in [7, 11) is 0. The summed E-state index contributed by atoms with van der Waals surface area (Å²) < 4.78 is 11.7. The quantitative estimate of drug-likeness (QED) is 0.0475. The Morgan fingerprint density at radius 2 is 0.966 bits per heavy atom. The average molecular weight is 813 g/mol. The predicted molar refractivity (Wildman–Crippen MR) is 252 cm³/mol. The molecule has 0 aliphatic heterocycles. The van der Waals surface area contributed by atoms with E-state index < -0.39 is 0 Å². The molecule has 338 valence electrons. The maximum atomic E-state index is 13.0. The van der Waals surface area contributed by atoms with Crippen molar-refractivity contribution < 1.29 is 19.1 Å². The van der Waals surface area contributed by atoms with Gasteiger partial charge in [-0.05, 0) is 103 Å². The van der Waals surface area contributed by atoms with Crippen LogP contribution in [0.3, 0.4) is 0 Å². The van der Waals surface area contributed by atoms with Crippen LogP contribution < -0.4 is 10.6 Å². The molecule has 0 fully saturated rings. The zero-order valence-electron chi connectivity index (χ0n) is 39.2. The third-order valence-electron chi connectivity index (χ3n) is 10.7. The third kappa shape index (κ3) is 43.4. The SMILES string of the molecule is CCCCC/C=C\C/C=C\CCCCCCCCC(CCCCCCCC/C=C\C/C=C\CCCCC)NC(=O)CCC(=O)NCCOCC(C)(C)OCCC(C)C. The van der Waals surface area contributed by atoms with Gasteiger partial charge in [0.2, 0.25) is 11.8 Å². The summed E-state index contributed by atoms with van der Waals surface area (Å²) in [6.45, 7) is 15.0. The van der Waals surface area contributed by atoms with Crippen molar-refractivity contribution >= 4 is 11.8 Å². The van der Waals surface area contributed by atoms with Gasteiger partial charge in [-0.2, -0.15) is 0 Å². The molecule has 0 atom stereocenters. The Labute approximate surface area is 360 Å². The highest BCUT2D eigenvalue weighted by molar-refractivity contribution is 5.83. The number of amides is 2. The molecule has 0 aromatic carbocycles. The average Bonchev–Trinajstić information content (AvgIpc) is 3.19. The molecule has 0 radical (unpaired) electrons. The molecule has 6 heteroatoms. The van der Waals surface area contributed by atoms with E-state index in [1.54, 1.807) is 0 Å². The molecular formula is C52H96N2O4. The number of rotatable bonds is 43. The van der Waals surface area contributed by atoms with Gasteiger partial charge >= 0.3 is 0 Å². The number of hydrogen-bond acceptors (Lipinski definition) is 4. The summed E-state index contributed by atoms with van der Waals surface area (Å²) in [4.78, 5) is 25.5. The van der Waals surface area contributed by atoms with Gasteiger partial charge in [-0.1, -0.05) is 166 Å². The van der Waals surface area contributed by atoms with Crippen molar-refractivity contribution in [3.05, 3.63) is 48.6 Å². The van der Waals surface area contributed by atoms with E-state index in [0.717, 1.165) is 51.6 Å². The first kappa shape index (κ1) is 55.8. The minimum Gasteiger partial charge on any atom is -0.377 e. The van der Waals surface area contributed by atoms with Crippen molar-refractivity contribution in [1.29, 1.82) is 0 Å². The molecule has 58 heavy (non-hydrogen) atoms. The lowest BCUT2D eigenvalue weighted by Crippen LogP contribution is -2.36. The van der Waals surface area contributed by atoms with Gasteiger partial charge in [0, 0.05) is 32.0 Å². The van der Waals surface area contributed by atoms with Gasteiger partial charge in [0.1, 0.15) is 0 Å². The second-order valence-electron chi connectivity index (χ2n) is 17.7. The number of carbonyl (C=O) groups is 2.